The van der Waals surface area contributed by atoms with Crippen molar-refractivity contribution in [3.05, 3.63) is 23.9 Å². The molecule has 0 spiro atoms. The molecule has 0 aliphatic heterocycles. The fourth-order valence-electron chi connectivity index (χ4n) is 1.77. The van der Waals surface area contributed by atoms with E-state index in [-0.39, 0.29) is 0 Å². The van der Waals surface area contributed by atoms with Crippen LogP contribution in [0.25, 0.3) is 0 Å². The second kappa shape index (κ2) is 3.96. The van der Waals surface area contributed by atoms with Gasteiger partial charge in [-0.15, -0.1) is 0 Å². The zero-order valence-corrected chi connectivity index (χ0v) is 8.61. The van der Waals surface area contributed by atoms with Crippen LogP contribution in [0.3, 0.4) is 0 Å². The van der Waals surface area contributed by atoms with Gasteiger partial charge in [0.2, 0.25) is 0 Å². The average molecular weight is 191 g/mol. The summed E-state index contributed by atoms with van der Waals surface area (Å²) in [5, 5.41) is 0. The van der Waals surface area contributed by atoms with Crippen molar-refractivity contribution < 1.29 is 0 Å². The van der Waals surface area contributed by atoms with Gasteiger partial charge < -0.3 is 5.73 Å². The van der Waals surface area contributed by atoms with E-state index in [0.717, 1.165) is 19.1 Å². The Morgan fingerprint density at radius 2 is 2.36 bits per heavy atom. The lowest BCUT2D eigenvalue weighted by Gasteiger charge is -2.19. The van der Waals surface area contributed by atoms with E-state index in [1.807, 2.05) is 12.1 Å². The number of anilines is 1. The lowest BCUT2D eigenvalue weighted by atomic mass is 10.2. The standard InChI is InChI=1S/C11H17N3/c1-2-14(10-3-4-10)8-9-5-6-13-11(12)7-9/h5-7,10H,2-4,8H2,1H3,(H2,12,13). The van der Waals surface area contributed by atoms with Crippen LogP contribution in [0, 0.1) is 0 Å². The number of hydrogen-bond acceptors (Lipinski definition) is 3. The minimum atomic E-state index is 0.620. The Balaban J connectivity index is 2.01. The molecule has 0 amide bonds. The first kappa shape index (κ1) is 9.46. The van der Waals surface area contributed by atoms with E-state index < -0.39 is 0 Å². The van der Waals surface area contributed by atoms with Gasteiger partial charge in [0.15, 0.2) is 0 Å². The van der Waals surface area contributed by atoms with E-state index in [1.54, 1.807) is 6.20 Å². The van der Waals surface area contributed by atoms with Crippen molar-refractivity contribution >= 4 is 5.82 Å². The third-order valence-corrected chi connectivity index (χ3v) is 2.70. The Bertz CT molecular complexity index is 307. The van der Waals surface area contributed by atoms with Gasteiger partial charge in [0.05, 0.1) is 0 Å². The molecule has 1 aliphatic rings. The first-order valence-electron chi connectivity index (χ1n) is 5.24. The van der Waals surface area contributed by atoms with Gasteiger partial charge in [-0.05, 0) is 37.1 Å². The van der Waals surface area contributed by atoms with Crippen LogP contribution >= 0.6 is 0 Å². The molecular formula is C11H17N3. The first-order chi connectivity index (χ1) is 6.79. The molecule has 1 aromatic heterocycles. The van der Waals surface area contributed by atoms with Gasteiger partial charge in [0, 0.05) is 18.8 Å². The number of aromatic nitrogens is 1. The maximum atomic E-state index is 5.64. The van der Waals surface area contributed by atoms with Crippen LogP contribution in [0.4, 0.5) is 5.82 Å². The highest BCUT2D eigenvalue weighted by Gasteiger charge is 2.27. The number of nitrogens with zero attached hydrogens (tertiary/aromatic N) is 2. The maximum Gasteiger partial charge on any atom is 0.123 e. The number of hydrogen-bond donors (Lipinski definition) is 1. The summed E-state index contributed by atoms with van der Waals surface area (Å²) < 4.78 is 0. The Morgan fingerprint density at radius 1 is 1.57 bits per heavy atom. The number of nitrogen functional groups attached to an aromatic ring is 1. The molecule has 1 fully saturated rings. The topological polar surface area (TPSA) is 42.2 Å². The van der Waals surface area contributed by atoms with E-state index >= 15 is 0 Å². The molecule has 14 heavy (non-hydrogen) atoms. The predicted molar refractivity (Wildman–Crippen MR) is 57.8 cm³/mol. The van der Waals surface area contributed by atoms with E-state index in [2.05, 4.69) is 16.8 Å². The molecule has 76 valence electrons. The van der Waals surface area contributed by atoms with E-state index in [4.69, 9.17) is 5.73 Å². The normalized spacial score (nSPS) is 16.1. The van der Waals surface area contributed by atoms with Crippen LogP contribution in [0.2, 0.25) is 0 Å². The van der Waals surface area contributed by atoms with Crippen LogP contribution in [0.15, 0.2) is 18.3 Å². The predicted octanol–water partition coefficient (Wildman–Crippen LogP) is 1.65. The average Bonchev–Trinajstić information content (AvgIpc) is 2.97. The Labute approximate surface area is 84.9 Å². The molecule has 2 N–H and O–H groups in total. The van der Waals surface area contributed by atoms with Crippen molar-refractivity contribution in [1.82, 2.24) is 9.88 Å². The minimum absolute atomic E-state index is 0.620. The van der Waals surface area contributed by atoms with Gasteiger partial charge in [0.25, 0.3) is 0 Å². The molecule has 3 heteroatoms. The van der Waals surface area contributed by atoms with E-state index in [0.29, 0.717) is 5.82 Å². The summed E-state index contributed by atoms with van der Waals surface area (Å²) in [6, 6.07) is 4.82. The van der Waals surface area contributed by atoms with Crippen molar-refractivity contribution in [2.45, 2.75) is 32.4 Å². The highest BCUT2D eigenvalue weighted by atomic mass is 15.2. The number of pyridine rings is 1. The fourth-order valence-corrected chi connectivity index (χ4v) is 1.77. The van der Waals surface area contributed by atoms with Crippen LogP contribution in [-0.2, 0) is 6.54 Å². The van der Waals surface area contributed by atoms with Crippen LogP contribution in [0.1, 0.15) is 25.3 Å². The summed E-state index contributed by atoms with van der Waals surface area (Å²) in [4.78, 5) is 6.49. The lowest BCUT2D eigenvalue weighted by Crippen LogP contribution is -2.25. The highest BCUT2D eigenvalue weighted by Crippen LogP contribution is 2.27. The summed E-state index contributed by atoms with van der Waals surface area (Å²) in [7, 11) is 0. The molecule has 3 nitrogen and oxygen atoms in total. The third-order valence-electron chi connectivity index (χ3n) is 2.70. The molecule has 0 aromatic carbocycles. The molecule has 0 bridgehead atoms. The molecule has 1 aliphatic carbocycles. The highest BCUT2D eigenvalue weighted by molar-refractivity contribution is 5.31. The van der Waals surface area contributed by atoms with Crippen LogP contribution in [-0.4, -0.2) is 22.5 Å². The van der Waals surface area contributed by atoms with Crippen LogP contribution < -0.4 is 5.73 Å². The number of rotatable bonds is 4. The summed E-state index contributed by atoms with van der Waals surface area (Å²) in [6.45, 7) is 4.34. The monoisotopic (exact) mass is 191 g/mol. The smallest absolute Gasteiger partial charge is 0.123 e. The molecule has 0 radical (unpaired) electrons. The van der Waals surface area contributed by atoms with Gasteiger partial charge in [-0.2, -0.15) is 0 Å². The molecule has 0 saturated heterocycles. The Morgan fingerprint density at radius 3 is 2.93 bits per heavy atom. The molecule has 0 atom stereocenters. The van der Waals surface area contributed by atoms with Crippen molar-refractivity contribution in [3.8, 4) is 0 Å². The number of nitrogens with two attached hydrogens (primary N) is 1. The van der Waals surface area contributed by atoms with Gasteiger partial charge in [-0.3, -0.25) is 4.90 Å². The maximum absolute atomic E-state index is 5.64. The molecular weight excluding hydrogens is 174 g/mol. The van der Waals surface area contributed by atoms with Crippen molar-refractivity contribution in [3.63, 3.8) is 0 Å². The van der Waals surface area contributed by atoms with Crippen molar-refractivity contribution in [2.24, 2.45) is 0 Å². The SMILES string of the molecule is CCN(Cc1ccnc(N)c1)C1CC1. The summed E-state index contributed by atoms with van der Waals surface area (Å²) in [5.41, 5.74) is 6.91. The summed E-state index contributed by atoms with van der Waals surface area (Å²) in [6.07, 6.45) is 4.49. The second-order valence-electron chi connectivity index (χ2n) is 3.88. The lowest BCUT2D eigenvalue weighted by molar-refractivity contribution is 0.269. The largest absolute Gasteiger partial charge is 0.384 e. The molecule has 1 aromatic rings. The van der Waals surface area contributed by atoms with Gasteiger partial charge in [0.1, 0.15) is 5.82 Å². The molecule has 1 heterocycles. The second-order valence-corrected chi connectivity index (χ2v) is 3.88. The zero-order chi connectivity index (χ0) is 9.97. The fraction of sp³-hybridized carbons (Fsp3) is 0.545. The summed E-state index contributed by atoms with van der Waals surface area (Å²) in [5.74, 6) is 0.620. The Hall–Kier alpha value is -1.09. The molecule has 2 rings (SSSR count). The van der Waals surface area contributed by atoms with Gasteiger partial charge in [-0.1, -0.05) is 6.92 Å². The zero-order valence-electron chi connectivity index (χ0n) is 8.61. The molecule has 1 saturated carbocycles. The Kier molecular flexibility index (Phi) is 2.68. The van der Waals surface area contributed by atoms with Crippen molar-refractivity contribution in [2.75, 3.05) is 12.3 Å². The first-order valence-corrected chi connectivity index (χ1v) is 5.24. The van der Waals surface area contributed by atoms with E-state index in [9.17, 15) is 0 Å². The summed E-state index contributed by atoms with van der Waals surface area (Å²) >= 11 is 0. The minimum Gasteiger partial charge on any atom is -0.384 e. The van der Waals surface area contributed by atoms with Gasteiger partial charge in [-0.25, -0.2) is 4.98 Å². The van der Waals surface area contributed by atoms with Gasteiger partial charge >= 0.3 is 0 Å². The quantitative estimate of drug-likeness (QED) is 0.786. The van der Waals surface area contributed by atoms with Crippen molar-refractivity contribution in [1.29, 1.82) is 0 Å². The third kappa shape index (κ3) is 2.23. The van der Waals surface area contributed by atoms with E-state index in [1.165, 1.54) is 18.4 Å². The van der Waals surface area contributed by atoms with Crippen LogP contribution in [0.5, 0.6) is 0 Å². The molecule has 0 unspecified atom stereocenters.